The molecule has 0 aliphatic rings. The molecule has 1 aromatic heterocycles. The highest BCUT2D eigenvalue weighted by atomic mass is 79.9. The van der Waals surface area contributed by atoms with Gasteiger partial charge in [0.25, 0.3) is 5.91 Å². The molecule has 20 heavy (non-hydrogen) atoms. The molecule has 0 aliphatic carbocycles. The van der Waals surface area contributed by atoms with Crippen LogP contribution in [0.2, 0.25) is 5.02 Å². The van der Waals surface area contributed by atoms with Crippen molar-refractivity contribution in [3.63, 3.8) is 0 Å². The van der Waals surface area contributed by atoms with Gasteiger partial charge in [-0.25, -0.2) is 4.98 Å². The Labute approximate surface area is 128 Å². The molecular formula is C13H8BrClN4O. The number of nitrogen functional groups attached to an aromatic ring is 1. The highest BCUT2D eigenvalue weighted by Gasteiger charge is 2.13. The summed E-state index contributed by atoms with van der Waals surface area (Å²) in [7, 11) is 0. The molecule has 0 atom stereocenters. The number of nitrogens with one attached hydrogen (secondary N) is 1. The summed E-state index contributed by atoms with van der Waals surface area (Å²) in [4.78, 5) is 15.9. The molecule has 0 radical (unpaired) electrons. The number of halogens is 2. The minimum Gasteiger partial charge on any atom is -0.384 e. The Morgan fingerprint density at radius 1 is 1.45 bits per heavy atom. The van der Waals surface area contributed by atoms with Gasteiger partial charge in [0.1, 0.15) is 5.82 Å². The normalized spacial score (nSPS) is 9.85. The van der Waals surface area contributed by atoms with Gasteiger partial charge >= 0.3 is 0 Å². The third kappa shape index (κ3) is 3.07. The fourth-order valence-electron chi connectivity index (χ4n) is 1.50. The van der Waals surface area contributed by atoms with Crippen molar-refractivity contribution < 1.29 is 4.79 Å². The smallest absolute Gasteiger partial charge is 0.257 e. The van der Waals surface area contributed by atoms with Crippen molar-refractivity contribution in [2.75, 3.05) is 11.1 Å². The number of aromatic nitrogens is 1. The second-order valence-electron chi connectivity index (χ2n) is 3.85. The van der Waals surface area contributed by atoms with E-state index in [2.05, 4.69) is 26.2 Å². The topological polar surface area (TPSA) is 91.8 Å². The first-order chi connectivity index (χ1) is 9.51. The van der Waals surface area contributed by atoms with Gasteiger partial charge in [0.05, 0.1) is 27.9 Å². The highest BCUT2D eigenvalue weighted by molar-refractivity contribution is 9.10. The zero-order valence-corrected chi connectivity index (χ0v) is 12.4. The average Bonchev–Trinajstić information content (AvgIpc) is 2.43. The zero-order valence-electron chi connectivity index (χ0n) is 10.0. The summed E-state index contributed by atoms with van der Waals surface area (Å²) < 4.78 is 0.600. The van der Waals surface area contributed by atoms with Crippen LogP contribution < -0.4 is 11.1 Å². The van der Waals surface area contributed by atoms with Gasteiger partial charge in [0, 0.05) is 10.7 Å². The van der Waals surface area contributed by atoms with Crippen LogP contribution in [0.5, 0.6) is 0 Å². The third-order valence-corrected chi connectivity index (χ3v) is 3.42. The average molecular weight is 352 g/mol. The molecule has 1 aromatic carbocycles. The number of nitrogens with two attached hydrogens (primary N) is 1. The second-order valence-corrected chi connectivity index (χ2v) is 5.11. The fourth-order valence-corrected chi connectivity index (χ4v) is 2.17. The van der Waals surface area contributed by atoms with E-state index in [9.17, 15) is 4.79 Å². The fraction of sp³-hybridized carbons (Fsp3) is 0. The summed E-state index contributed by atoms with van der Waals surface area (Å²) in [5.74, 6) is -0.201. The largest absolute Gasteiger partial charge is 0.384 e. The van der Waals surface area contributed by atoms with Crippen LogP contribution in [0.4, 0.5) is 11.5 Å². The van der Waals surface area contributed by atoms with Crippen LogP contribution in [0.15, 0.2) is 34.9 Å². The highest BCUT2D eigenvalue weighted by Crippen LogP contribution is 2.25. The number of hydrogen-bond donors (Lipinski definition) is 2. The number of nitrogens with zero attached hydrogens (tertiary/aromatic N) is 2. The lowest BCUT2D eigenvalue weighted by Crippen LogP contribution is -2.13. The Balaban J connectivity index is 2.28. The van der Waals surface area contributed by atoms with Crippen LogP contribution >= 0.6 is 27.5 Å². The van der Waals surface area contributed by atoms with Crippen molar-refractivity contribution in [3.8, 4) is 6.07 Å². The molecule has 1 heterocycles. The molecule has 0 aliphatic heterocycles. The van der Waals surface area contributed by atoms with Crippen LogP contribution in [0.1, 0.15) is 15.9 Å². The number of rotatable bonds is 2. The van der Waals surface area contributed by atoms with E-state index in [-0.39, 0.29) is 16.4 Å². The number of pyridine rings is 1. The maximum Gasteiger partial charge on any atom is 0.257 e. The van der Waals surface area contributed by atoms with Gasteiger partial charge in [-0.2, -0.15) is 5.26 Å². The molecule has 0 saturated heterocycles. The predicted octanol–water partition coefficient (Wildman–Crippen LogP) is 3.20. The standard InChI is InChI=1S/C13H8BrClN4O/c14-9-3-7(5-16)1-2-11(9)19-13(20)8-4-12(17)18-6-10(8)15/h1-4,6H,(H2,17,18)(H,19,20). The van der Waals surface area contributed by atoms with E-state index in [1.807, 2.05) is 6.07 Å². The van der Waals surface area contributed by atoms with E-state index in [0.717, 1.165) is 0 Å². The molecule has 0 fully saturated rings. The summed E-state index contributed by atoms with van der Waals surface area (Å²) in [6.45, 7) is 0. The zero-order chi connectivity index (χ0) is 14.7. The minimum atomic E-state index is -0.408. The molecule has 0 unspecified atom stereocenters. The molecule has 0 bridgehead atoms. The number of carbonyl (C=O) groups is 1. The molecule has 100 valence electrons. The van der Waals surface area contributed by atoms with Gasteiger partial charge in [-0.3, -0.25) is 4.79 Å². The van der Waals surface area contributed by atoms with Gasteiger partial charge in [-0.15, -0.1) is 0 Å². The Morgan fingerprint density at radius 2 is 2.20 bits per heavy atom. The SMILES string of the molecule is N#Cc1ccc(NC(=O)c2cc(N)ncc2Cl)c(Br)c1. The van der Waals surface area contributed by atoms with Crippen molar-refractivity contribution in [3.05, 3.63) is 51.1 Å². The molecule has 7 heteroatoms. The van der Waals surface area contributed by atoms with Crippen LogP contribution in [-0.2, 0) is 0 Å². The first-order valence-electron chi connectivity index (χ1n) is 5.43. The van der Waals surface area contributed by atoms with E-state index in [4.69, 9.17) is 22.6 Å². The lowest BCUT2D eigenvalue weighted by Gasteiger charge is -2.09. The van der Waals surface area contributed by atoms with Crippen molar-refractivity contribution in [1.29, 1.82) is 5.26 Å². The van der Waals surface area contributed by atoms with Crippen molar-refractivity contribution in [1.82, 2.24) is 4.98 Å². The second kappa shape index (κ2) is 5.90. The van der Waals surface area contributed by atoms with E-state index in [0.29, 0.717) is 15.7 Å². The van der Waals surface area contributed by atoms with Gasteiger partial charge in [-0.05, 0) is 40.2 Å². The molecule has 0 spiro atoms. The van der Waals surface area contributed by atoms with Crippen molar-refractivity contribution >= 4 is 44.9 Å². The lowest BCUT2D eigenvalue weighted by molar-refractivity contribution is 0.102. The number of nitriles is 1. The third-order valence-electron chi connectivity index (χ3n) is 2.47. The first kappa shape index (κ1) is 14.3. The first-order valence-corrected chi connectivity index (χ1v) is 6.60. The van der Waals surface area contributed by atoms with Crippen LogP contribution in [0, 0.1) is 11.3 Å². The summed E-state index contributed by atoms with van der Waals surface area (Å²) in [6.07, 6.45) is 1.32. The molecule has 1 amide bonds. The lowest BCUT2D eigenvalue weighted by atomic mass is 10.2. The van der Waals surface area contributed by atoms with Crippen molar-refractivity contribution in [2.45, 2.75) is 0 Å². The van der Waals surface area contributed by atoms with E-state index >= 15 is 0 Å². The number of benzene rings is 1. The maximum absolute atomic E-state index is 12.1. The van der Waals surface area contributed by atoms with Gasteiger partial charge < -0.3 is 11.1 Å². The number of anilines is 2. The molecule has 5 nitrogen and oxygen atoms in total. The Hall–Kier alpha value is -2.10. The molecule has 0 saturated carbocycles. The van der Waals surface area contributed by atoms with Gasteiger partial charge in [-0.1, -0.05) is 11.6 Å². The molecular weight excluding hydrogens is 344 g/mol. The van der Waals surface area contributed by atoms with E-state index in [1.54, 1.807) is 18.2 Å². The molecule has 2 aromatic rings. The number of carbonyl (C=O) groups excluding carboxylic acids is 1. The molecule has 2 rings (SSSR count). The van der Waals surface area contributed by atoms with Crippen molar-refractivity contribution in [2.24, 2.45) is 0 Å². The quantitative estimate of drug-likeness (QED) is 0.869. The van der Waals surface area contributed by atoms with Crippen LogP contribution in [0.25, 0.3) is 0 Å². The van der Waals surface area contributed by atoms with Crippen LogP contribution in [-0.4, -0.2) is 10.9 Å². The summed E-state index contributed by atoms with van der Waals surface area (Å²) in [5.41, 5.74) is 6.78. The van der Waals surface area contributed by atoms with Gasteiger partial charge in [0.2, 0.25) is 0 Å². The van der Waals surface area contributed by atoms with Gasteiger partial charge in [0.15, 0.2) is 0 Å². The predicted molar refractivity (Wildman–Crippen MR) is 80.5 cm³/mol. The van der Waals surface area contributed by atoms with Crippen LogP contribution in [0.3, 0.4) is 0 Å². The Morgan fingerprint density at radius 3 is 2.85 bits per heavy atom. The minimum absolute atomic E-state index is 0.207. The summed E-state index contributed by atoms with van der Waals surface area (Å²) >= 11 is 9.20. The van der Waals surface area contributed by atoms with E-state index < -0.39 is 5.91 Å². The maximum atomic E-state index is 12.1. The number of hydrogen-bond acceptors (Lipinski definition) is 4. The Kier molecular flexibility index (Phi) is 4.23. The molecule has 3 N–H and O–H groups in total. The number of amides is 1. The summed E-state index contributed by atoms with van der Waals surface area (Å²) in [6, 6.07) is 8.24. The summed E-state index contributed by atoms with van der Waals surface area (Å²) in [5, 5.41) is 11.7. The van der Waals surface area contributed by atoms with E-state index in [1.165, 1.54) is 12.3 Å². The Bertz CT molecular complexity index is 727. The monoisotopic (exact) mass is 350 g/mol.